The van der Waals surface area contributed by atoms with Gasteiger partial charge >= 0.3 is 0 Å². The quantitative estimate of drug-likeness (QED) is 0.275. The number of nitrogens with one attached hydrogen (secondary N) is 1. The summed E-state index contributed by atoms with van der Waals surface area (Å²) in [7, 11) is 0. The zero-order valence-corrected chi connectivity index (χ0v) is 21.0. The normalized spacial score (nSPS) is 18.3. The van der Waals surface area contributed by atoms with Crippen molar-refractivity contribution in [3.8, 4) is 5.75 Å². The van der Waals surface area contributed by atoms with Gasteiger partial charge < -0.3 is 19.9 Å². The van der Waals surface area contributed by atoms with Gasteiger partial charge in [-0.15, -0.1) is 0 Å². The number of anilines is 1. The third-order valence-corrected chi connectivity index (χ3v) is 6.48. The van der Waals surface area contributed by atoms with E-state index in [9.17, 15) is 4.79 Å². The van der Waals surface area contributed by atoms with Crippen LogP contribution in [0.4, 0.5) is 5.69 Å². The Bertz CT molecular complexity index is 1360. The maximum absolute atomic E-state index is 14.2. The Morgan fingerprint density at radius 3 is 2.16 bits per heavy atom. The van der Waals surface area contributed by atoms with Gasteiger partial charge in [-0.2, -0.15) is 0 Å². The number of rotatable bonds is 10. The predicted molar refractivity (Wildman–Crippen MR) is 148 cm³/mol. The lowest BCUT2D eigenvalue weighted by molar-refractivity contribution is -0.123. The molecule has 6 nitrogen and oxygen atoms in total. The zero-order chi connectivity index (χ0) is 26.2. The number of carbonyl (C=O) groups excluding carboxylic acids is 1. The molecule has 38 heavy (non-hydrogen) atoms. The van der Waals surface area contributed by atoms with E-state index in [0.717, 1.165) is 16.7 Å². The number of amides is 1. The van der Waals surface area contributed by atoms with Crippen molar-refractivity contribution >= 4 is 17.5 Å². The summed E-state index contributed by atoms with van der Waals surface area (Å²) >= 11 is 0. The number of carbonyl (C=O) groups is 1. The monoisotopic (exact) mass is 506 g/mol. The van der Waals surface area contributed by atoms with E-state index in [4.69, 9.17) is 19.6 Å². The molecule has 0 fully saturated rings. The van der Waals surface area contributed by atoms with Gasteiger partial charge in [-0.1, -0.05) is 78.9 Å². The lowest BCUT2D eigenvalue weighted by atomic mass is 9.82. The Morgan fingerprint density at radius 2 is 1.50 bits per heavy atom. The van der Waals surface area contributed by atoms with Crippen molar-refractivity contribution in [2.45, 2.75) is 24.5 Å². The van der Waals surface area contributed by atoms with Gasteiger partial charge in [0.1, 0.15) is 5.75 Å². The SMILES string of the molecule is O=C(Nc1ccccc1)[C@]1(Cc2ccccc2)N=C(c2ccc(OCCCO)cc2)O[C@@H]1c1ccccc1. The number of benzene rings is 4. The number of aliphatic hydroxyl groups excluding tert-OH is 1. The summed E-state index contributed by atoms with van der Waals surface area (Å²) < 4.78 is 12.2. The van der Waals surface area contributed by atoms with Crippen molar-refractivity contribution in [2.75, 3.05) is 18.5 Å². The number of ether oxygens (including phenoxy) is 2. The smallest absolute Gasteiger partial charge is 0.257 e. The van der Waals surface area contributed by atoms with E-state index in [1.807, 2.05) is 115 Å². The summed E-state index contributed by atoms with van der Waals surface area (Å²) in [4.78, 5) is 19.2. The Morgan fingerprint density at radius 1 is 0.868 bits per heavy atom. The summed E-state index contributed by atoms with van der Waals surface area (Å²) in [5.41, 5.74) is 2.06. The molecule has 0 aliphatic carbocycles. The molecule has 0 unspecified atom stereocenters. The van der Waals surface area contributed by atoms with Gasteiger partial charge in [-0.05, 0) is 47.5 Å². The number of nitrogens with zero attached hydrogens (tertiary/aromatic N) is 1. The van der Waals surface area contributed by atoms with Crippen LogP contribution in [0.5, 0.6) is 5.75 Å². The number of aliphatic imine (C=N–C) groups is 1. The van der Waals surface area contributed by atoms with E-state index < -0.39 is 11.6 Å². The minimum atomic E-state index is -1.25. The van der Waals surface area contributed by atoms with Crippen molar-refractivity contribution in [3.05, 3.63) is 132 Å². The highest BCUT2D eigenvalue weighted by molar-refractivity contribution is 6.05. The summed E-state index contributed by atoms with van der Waals surface area (Å²) in [5.74, 6) is 0.859. The fourth-order valence-corrected chi connectivity index (χ4v) is 4.58. The highest BCUT2D eigenvalue weighted by Gasteiger charge is 2.53. The first-order valence-corrected chi connectivity index (χ1v) is 12.7. The van der Waals surface area contributed by atoms with E-state index >= 15 is 0 Å². The molecule has 4 aromatic carbocycles. The third-order valence-electron chi connectivity index (χ3n) is 6.48. The molecule has 0 saturated heterocycles. The fourth-order valence-electron chi connectivity index (χ4n) is 4.58. The molecule has 5 rings (SSSR count). The predicted octanol–water partition coefficient (Wildman–Crippen LogP) is 5.59. The molecule has 4 aromatic rings. The van der Waals surface area contributed by atoms with Gasteiger partial charge in [-0.25, -0.2) is 4.99 Å². The highest BCUT2D eigenvalue weighted by Crippen LogP contribution is 2.43. The molecule has 0 spiro atoms. The van der Waals surface area contributed by atoms with E-state index in [-0.39, 0.29) is 12.5 Å². The van der Waals surface area contributed by atoms with Gasteiger partial charge in [0.05, 0.1) is 6.61 Å². The summed E-state index contributed by atoms with van der Waals surface area (Å²) in [6.07, 6.45) is 0.287. The Kier molecular flexibility index (Phi) is 7.81. The molecule has 0 saturated carbocycles. The molecule has 0 aromatic heterocycles. The van der Waals surface area contributed by atoms with Crippen LogP contribution in [0.15, 0.2) is 120 Å². The first-order valence-electron chi connectivity index (χ1n) is 12.7. The minimum absolute atomic E-state index is 0.0815. The molecular formula is C32H30N2O4. The fraction of sp³-hybridized carbons (Fsp3) is 0.188. The molecule has 0 bridgehead atoms. The van der Waals surface area contributed by atoms with Crippen LogP contribution in [0, 0.1) is 0 Å². The Labute approximate surface area is 222 Å². The van der Waals surface area contributed by atoms with E-state index in [1.165, 1.54) is 0 Å². The molecule has 2 atom stereocenters. The van der Waals surface area contributed by atoms with Crippen molar-refractivity contribution < 1.29 is 19.4 Å². The van der Waals surface area contributed by atoms with E-state index in [0.29, 0.717) is 36.8 Å². The molecule has 1 amide bonds. The first-order chi connectivity index (χ1) is 18.7. The molecule has 6 heteroatoms. The highest BCUT2D eigenvalue weighted by atomic mass is 16.5. The third kappa shape index (κ3) is 5.61. The second-order valence-electron chi connectivity index (χ2n) is 9.18. The number of para-hydroxylation sites is 1. The van der Waals surface area contributed by atoms with Crippen LogP contribution in [0.3, 0.4) is 0 Å². The summed E-state index contributed by atoms with van der Waals surface area (Å²) in [5, 5.41) is 12.1. The van der Waals surface area contributed by atoms with E-state index in [1.54, 1.807) is 0 Å². The lowest BCUT2D eigenvalue weighted by Crippen LogP contribution is -2.46. The maximum atomic E-state index is 14.2. The first kappa shape index (κ1) is 25.2. The van der Waals surface area contributed by atoms with Gasteiger partial charge in [-0.3, -0.25) is 4.79 Å². The lowest BCUT2D eigenvalue weighted by Gasteiger charge is -2.30. The second kappa shape index (κ2) is 11.8. The van der Waals surface area contributed by atoms with Crippen molar-refractivity contribution in [1.82, 2.24) is 0 Å². The van der Waals surface area contributed by atoms with Gasteiger partial charge in [0, 0.05) is 30.7 Å². The maximum Gasteiger partial charge on any atom is 0.257 e. The summed E-state index contributed by atoms with van der Waals surface area (Å²) in [6, 6.07) is 36.5. The average Bonchev–Trinajstić information content (AvgIpc) is 3.35. The van der Waals surface area contributed by atoms with Crippen molar-refractivity contribution in [2.24, 2.45) is 4.99 Å². The number of aliphatic hydroxyl groups is 1. The van der Waals surface area contributed by atoms with Crippen LogP contribution in [0.25, 0.3) is 0 Å². The topological polar surface area (TPSA) is 80.2 Å². The van der Waals surface area contributed by atoms with Crippen LogP contribution in [0.1, 0.15) is 29.2 Å². The molecule has 0 radical (unpaired) electrons. The Balaban J connectivity index is 1.56. The molecule has 1 aliphatic rings. The summed E-state index contributed by atoms with van der Waals surface area (Å²) in [6.45, 7) is 0.515. The van der Waals surface area contributed by atoms with E-state index in [2.05, 4.69) is 5.32 Å². The van der Waals surface area contributed by atoms with Crippen LogP contribution in [-0.4, -0.2) is 35.7 Å². The zero-order valence-electron chi connectivity index (χ0n) is 21.0. The van der Waals surface area contributed by atoms with Crippen LogP contribution in [0.2, 0.25) is 0 Å². The second-order valence-corrected chi connectivity index (χ2v) is 9.18. The van der Waals surface area contributed by atoms with Crippen molar-refractivity contribution in [1.29, 1.82) is 0 Å². The van der Waals surface area contributed by atoms with Gasteiger partial charge in [0.2, 0.25) is 5.90 Å². The van der Waals surface area contributed by atoms with Crippen LogP contribution in [-0.2, 0) is 16.0 Å². The van der Waals surface area contributed by atoms with Crippen molar-refractivity contribution in [3.63, 3.8) is 0 Å². The number of hydrogen-bond acceptors (Lipinski definition) is 5. The molecule has 1 aliphatic heterocycles. The Hall–Kier alpha value is -4.42. The van der Waals surface area contributed by atoms with Crippen LogP contribution < -0.4 is 10.1 Å². The van der Waals surface area contributed by atoms with Gasteiger partial charge in [0.25, 0.3) is 5.91 Å². The molecular weight excluding hydrogens is 476 g/mol. The largest absolute Gasteiger partial charge is 0.494 e. The van der Waals surface area contributed by atoms with Gasteiger partial charge in [0.15, 0.2) is 11.6 Å². The average molecular weight is 507 g/mol. The molecule has 192 valence electrons. The van der Waals surface area contributed by atoms with Crippen LogP contribution >= 0.6 is 0 Å². The number of hydrogen-bond donors (Lipinski definition) is 2. The molecule has 2 N–H and O–H groups in total. The standard InChI is InChI=1S/C32H30N2O4/c35-21-10-22-37-28-19-17-26(18-20-28)30-34-32(23-24-11-4-1-5-12-24,29(38-30)25-13-6-2-7-14-25)31(36)33-27-15-8-3-9-16-27/h1-9,11-20,29,35H,10,21-23H2,(H,33,36)/t29-,32-/m1/s1. The molecule has 1 heterocycles. The minimum Gasteiger partial charge on any atom is -0.494 e.